The quantitative estimate of drug-likeness (QED) is 0.595. The molecule has 0 saturated carbocycles. The highest BCUT2D eigenvalue weighted by Gasteiger charge is 2.06. The maximum absolute atomic E-state index is 13.0. The molecular formula is C18H17ClFN3O3. The Balaban J connectivity index is 1.78. The Labute approximate surface area is 155 Å². The van der Waals surface area contributed by atoms with Gasteiger partial charge >= 0.3 is 0 Å². The number of rotatable bonds is 6. The van der Waals surface area contributed by atoms with E-state index in [1.54, 1.807) is 6.07 Å². The topological polar surface area (TPSA) is 79.8 Å². The van der Waals surface area contributed by atoms with E-state index in [-0.39, 0.29) is 5.02 Å². The summed E-state index contributed by atoms with van der Waals surface area (Å²) in [6.07, 6.45) is 0.932. The lowest BCUT2D eigenvalue weighted by Crippen LogP contribution is -2.18. The second-order valence-electron chi connectivity index (χ2n) is 5.49. The molecule has 2 aromatic carbocycles. The Morgan fingerprint density at radius 1 is 1.19 bits per heavy atom. The summed E-state index contributed by atoms with van der Waals surface area (Å²) in [6.45, 7) is 3.42. The lowest BCUT2D eigenvalue weighted by molar-refractivity contribution is -0.120. The van der Waals surface area contributed by atoms with Crippen LogP contribution in [0.5, 0.6) is 0 Å². The second kappa shape index (κ2) is 8.96. The standard InChI is InChI=1S/C18H17ClFN3O3/c1-11-3-6-16(12(2)7-11)23-17(24)9-21-26-10-18(25)22-13-4-5-15(20)14(19)8-13/h3-9H,10H2,1-2H3,(H,22,25)(H,23,24)/b21-9-. The highest BCUT2D eigenvalue weighted by molar-refractivity contribution is 6.31. The first-order valence-electron chi connectivity index (χ1n) is 7.63. The Morgan fingerprint density at radius 3 is 2.65 bits per heavy atom. The van der Waals surface area contributed by atoms with Gasteiger partial charge in [-0.1, -0.05) is 34.5 Å². The van der Waals surface area contributed by atoms with Crippen LogP contribution in [0.3, 0.4) is 0 Å². The molecule has 0 aliphatic rings. The molecule has 2 amide bonds. The number of nitrogens with one attached hydrogen (secondary N) is 2. The van der Waals surface area contributed by atoms with Gasteiger partial charge in [-0.3, -0.25) is 9.59 Å². The lowest BCUT2D eigenvalue weighted by atomic mass is 10.1. The van der Waals surface area contributed by atoms with Crippen molar-refractivity contribution in [3.05, 3.63) is 58.4 Å². The molecular weight excluding hydrogens is 361 g/mol. The van der Waals surface area contributed by atoms with Gasteiger partial charge in [0.15, 0.2) is 6.61 Å². The minimum absolute atomic E-state index is 0.107. The van der Waals surface area contributed by atoms with E-state index < -0.39 is 24.2 Å². The van der Waals surface area contributed by atoms with Crippen LogP contribution < -0.4 is 10.6 Å². The van der Waals surface area contributed by atoms with Crippen LogP contribution in [0.1, 0.15) is 11.1 Å². The van der Waals surface area contributed by atoms with Gasteiger partial charge in [0.05, 0.1) is 5.02 Å². The zero-order chi connectivity index (χ0) is 19.1. The van der Waals surface area contributed by atoms with Gasteiger partial charge in [-0.15, -0.1) is 0 Å². The van der Waals surface area contributed by atoms with Crippen molar-refractivity contribution in [1.29, 1.82) is 0 Å². The number of carbonyl (C=O) groups is 2. The van der Waals surface area contributed by atoms with E-state index in [0.717, 1.165) is 23.4 Å². The third-order valence-corrected chi connectivity index (χ3v) is 3.57. The third-order valence-electron chi connectivity index (χ3n) is 3.28. The first-order valence-corrected chi connectivity index (χ1v) is 8.01. The summed E-state index contributed by atoms with van der Waals surface area (Å²) in [7, 11) is 0. The van der Waals surface area contributed by atoms with Crippen LogP contribution in [0.25, 0.3) is 0 Å². The molecule has 0 spiro atoms. The van der Waals surface area contributed by atoms with Gasteiger partial charge in [0.1, 0.15) is 12.0 Å². The van der Waals surface area contributed by atoms with Crippen molar-refractivity contribution in [2.75, 3.05) is 17.2 Å². The number of hydrogen-bond donors (Lipinski definition) is 2. The normalized spacial score (nSPS) is 10.6. The van der Waals surface area contributed by atoms with E-state index in [2.05, 4.69) is 15.8 Å². The van der Waals surface area contributed by atoms with E-state index in [0.29, 0.717) is 11.4 Å². The van der Waals surface area contributed by atoms with E-state index in [4.69, 9.17) is 16.4 Å². The van der Waals surface area contributed by atoms with Crippen LogP contribution in [-0.4, -0.2) is 24.6 Å². The molecule has 0 bridgehead atoms. The van der Waals surface area contributed by atoms with Crippen LogP contribution >= 0.6 is 11.6 Å². The number of benzene rings is 2. The number of oxime groups is 1. The average molecular weight is 378 g/mol. The van der Waals surface area contributed by atoms with E-state index in [1.807, 2.05) is 26.0 Å². The monoisotopic (exact) mass is 377 g/mol. The van der Waals surface area contributed by atoms with E-state index >= 15 is 0 Å². The first kappa shape index (κ1) is 19.4. The van der Waals surface area contributed by atoms with Gasteiger partial charge in [-0.2, -0.15) is 0 Å². The van der Waals surface area contributed by atoms with Gasteiger partial charge in [-0.05, 0) is 43.7 Å². The predicted octanol–water partition coefficient (Wildman–Crippen LogP) is 3.68. The highest BCUT2D eigenvalue weighted by Crippen LogP contribution is 2.19. The van der Waals surface area contributed by atoms with Crippen LogP contribution in [0, 0.1) is 19.7 Å². The SMILES string of the molecule is Cc1ccc(NC(=O)/C=N\OCC(=O)Nc2ccc(F)c(Cl)c2)c(C)c1. The number of amides is 2. The predicted molar refractivity (Wildman–Crippen MR) is 99.0 cm³/mol. The summed E-state index contributed by atoms with van der Waals surface area (Å²) in [5, 5.41) is 8.46. The summed E-state index contributed by atoms with van der Waals surface area (Å²) < 4.78 is 13.0. The van der Waals surface area contributed by atoms with E-state index in [1.165, 1.54) is 12.1 Å². The van der Waals surface area contributed by atoms with Crippen molar-refractivity contribution in [2.24, 2.45) is 5.16 Å². The second-order valence-corrected chi connectivity index (χ2v) is 5.90. The van der Waals surface area contributed by atoms with Crippen LogP contribution in [0.4, 0.5) is 15.8 Å². The smallest absolute Gasteiger partial charge is 0.270 e. The molecule has 6 nitrogen and oxygen atoms in total. The molecule has 2 N–H and O–H groups in total. The summed E-state index contributed by atoms with van der Waals surface area (Å²) in [6, 6.07) is 9.37. The lowest BCUT2D eigenvalue weighted by Gasteiger charge is -2.07. The average Bonchev–Trinajstić information content (AvgIpc) is 2.58. The number of anilines is 2. The summed E-state index contributed by atoms with van der Waals surface area (Å²) in [4.78, 5) is 28.2. The molecule has 0 aromatic heterocycles. The largest absolute Gasteiger partial charge is 0.385 e. The molecule has 0 aliphatic carbocycles. The highest BCUT2D eigenvalue weighted by atomic mass is 35.5. The number of halogens is 2. The summed E-state index contributed by atoms with van der Waals surface area (Å²) in [5.41, 5.74) is 3.00. The van der Waals surface area contributed by atoms with Crippen LogP contribution in [0.2, 0.25) is 5.02 Å². The van der Waals surface area contributed by atoms with Crippen molar-refractivity contribution < 1.29 is 18.8 Å². The third kappa shape index (κ3) is 5.86. The number of aryl methyl sites for hydroxylation is 2. The van der Waals surface area contributed by atoms with Crippen LogP contribution in [0.15, 0.2) is 41.6 Å². The van der Waals surface area contributed by atoms with Crippen molar-refractivity contribution in [1.82, 2.24) is 0 Å². The summed E-state index contributed by atoms with van der Waals surface area (Å²) in [5.74, 6) is -1.59. The van der Waals surface area contributed by atoms with Gasteiger partial charge in [0.25, 0.3) is 11.8 Å². The molecule has 0 atom stereocenters. The Hall–Kier alpha value is -2.93. The minimum Gasteiger partial charge on any atom is -0.385 e. The van der Waals surface area contributed by atoms with Gasteiger partial charge in [-0.25, -0.2) is 4.39 Å². The van der Waals surface area contributed by atoms with Crippen LogP contribution in [-0.2, 0) is 14.4 Å². The first-order chi connectivity index (χ1) is 12.3. The summed E-state index contributed by atoms with van der Waals surface area (Å²) >= 11 is 5.62. The van der Waals surface area contributed by atoms with E-state index in [9.17, 15) is 14.0 Å². The number of hydrogen-bond acceptors (Lipinski definition) is 4. The minimum atomic E-state index is -0.583. The maximum Gasteiger partial charge on any atom is 0.270 e. The molecule has 136 valence electrons. The van der Waals surface area contributed by atoms with Crippen molar-refractivity contribution >= 4 is 41.0 Å². The van der Waals surface area contributed by atoms with Crippen molar-refractivity contribution in [3.8, 4) is 0 Å². The fourth-order valence-corrected chi connectivity index (χ4v) is 2.25. The molecule has 2 aromatic rings. The molecule has 8 heteroatoms. The molecule has 26 heavy (non-hydrogen) atoms. The van der Waals surface area contributed by atoms with Gasteiger partial charge in [0.2, 0.25) is 0 Å². The fraction of sp³-hybridized carbons (Fsp3) is 0.167. The Kier molecular flexibility index (Phi) is 6.68. The molecule has 0 unspecified atom stereocenters. The zero-order valence-electron chi connectivity index (χ0n) is 14.2. The molecule has 0 fully saturated rings. The van der Waals surface area contributed by atoms with Crippen molar-refractivity contribution in [2.45, 2.75) is 13.8 Å². The molecule has 0 radical (unpaired) electrons. The molecule has 2 rings (SSSR count). The van der Waals surface area contributed by atoms with Gasteiger partial charge < -0.3 is 15.5 Å². The van der Waals surface area contributed by atoms with Crippen molar-refractivity contribution in [3.63, 3.8) is 0 Å². The number of nitrogens with zero attached hydrogens (tertiary/aromatic N) is 1. The molecule has 0 saturated heterocycles. The Bertz CT molecular complexity index is 856. The van der Waals surface area contributed by atoms with Gasteiger partial charge in [0, 0.05) is 11.4 Å². The molecule has 0 aliphatic heterocycles. The zero-order valence-corrected chi connectivity index (χ0v) is 14.9. The molecule has 0 heterocycles. The number of carbonyl (C=O) groups excluding carboxylic acids is 2. The fourth-order valence-electron chi connectivity index (χ4n) is 2.07. The Morgan fingerprint density at radius 2 is 1.96 bits per heavy atom. The maximum atomic E-state index is 13.0.